The molecule has 1 N–H and O–H groups in total. The summed E-state index contributed by atoms with van der Waals surface area (Å²) in [6.07, 6.45) is 1.50. The van der Waals surface area contributed by atoms with E-state index in [0.717, 1.165) is 0 Å². The molecule has 0 spiro atoms. The number of nitrogens with zero attached hydrogens (tertiary/aromatic N) is 4. The zero-order valence-electron chi connectivity index (χ0n) is 13.1. The standard InChI is InChI=1S/C17H12FN5O2/c1-11-16(10-20-22(11)17-5-3-2-4-14(17)18)21-15-7-6-13(23(24)25)8-12(15)9-19/h2-8,10,21H,1H3. The van der Waals surface area contributed by atoms with Crippen LogP contribution in [0.25, 0.3) is 5.69 Å². The van der Waals surface area contributed by atoms with E-state index in [2.05, 4.69) is 10.4 Å². The molecule has 3 rings (SSSR count). The summed E-state index contributed by atoms with van der Waals surface area (Å²) in [5.41, 5.74) is 1.87. The molecule has 0 aliphatic carbocycles. The third-order valence-corrected chi connectivity index (χ3v) is 3.69. The summed E-state index contributed by atoms with van der Waals surface area (Å²) in [6, 6.07) is 12.1. The lowest BCUT2D eigenvalue weighted by atomic mass is 10.1. The Morgan fingerprint density at radius 1 is 1.28 bits per heavy atom. The van der Waals surface area contributed by atoms with Gasteiger partial charge in [-0.25, -0.2) is 9.07 Å². The molecule has 1 heterocycles. The number of hydrogen-bond acceptors (Lipinski definition) is 5. The lowest BCUT2D eigenvalue weighted by Gasteiger charge is -2.09. The van der Waals surface area contributed by atoms with Crippen molar-refractivity contribution < 1.29 is 9.31 Å². The molecule has 2 aromatic carbocycles. The highest BCUT2D eigenvalue weighted by Crippen LogP contribution is 2.27. The number of nitriles is 1. The molecule has 0 aliphatic heterocycles. The molecule has 0 aliphatic rings. The number of nitro benzene ring substituents is 1. The summed E-state index contributed by atoms with van der Waals surface area (Å²) in [7, 11) is 0. The van der Waals surface area contributed by atoms with Gasteiger partial charge in [-0.3, -0.25) is 10.1 Å². The fourth-order valence-corrected chi connectivity index (χ4v) is 2.39. The Labute approximate surface area is 142 Å². The van der Waals surface area contributed by atoms with Gasteiger partial charge in [0.25, 0.3) is 5.69 Å². The predicted octanol–water partition coefficient (Wildman–Crippen LogP) is 3.84. The Morgan fingerprint density at radius 3 is 2.72 bits per heavy atom. The summed E-state index contributed by atoms with van der Waals surface area (Å²) in [5.74, 6) is -0.409. The summed E-state index contributed by atoms with van der Waals surface area (Å²) < 4.78 is 15.4. The van der Waals surface area contributed by atoms with Crippen LogP contribution in [0.4, 0.5) is 21.5 Å². The summed E-state index contributed by atoms with van der Waals surface area (Å²) in [6.45, 7) is 1.75. The third-order valence-electron chi connectivity index (χ3n) is 3.69. The number of hydrogen-bond donors (Lipinski definition) is 1. The Morgan fingerprint density at radius 2 is 2.04 bits per heavy atom. The van der Waals surface area contributed by atoms with Crippen LogP contribution in [0.15, 0.2) is 48.7 Å². The number of benzene rings is 2. The maximum absolute atomic E-state index is 13.9. The van der Waals surface area contributed by atoms with Gasteiger partial charge in [0, 0.05) is 12.1 Å². The fraction of sp³-hybridized carbons (Fsp3) is 0.0588. The second-order valence-electron chi connectivity index (χ2n) is 5.23. The lowest BCUT2D eigenvalue weighted by molar-refractivity contribution is -0.384. The SMILES string of the molecule is Cc1c(Nc2ccc([N+](=O)[O-])cc2C#N)cnn1-c1ccccc1F. The third kappa shape index (κ3) is 3.03. The van der Waals surface area contributed by atoms with Crippen LogP contribution in [0.5, 0.6) is 0 Å². The highest BCUT2D eigenvalue weighted by molar-refractivity contribution is 5.69. The molecule has 0 saturated heterocycles. The van der Waals surface area contributed by atoms with Crippen LogP contribution in [-0.2, 0) is 0 Å². The molecule has 0 saturated carbocycles. The van der Waals surface area contributed by atoms with E-state index in [1.165, 1.54) is 35.1 Å². The van der Waals surface area contributed by atoms with Crippen LogP contribution in [0.2, 0.25) is 0 Å². The van der Waals surface area contributed by atoms with Gasteiger partial charge in [0.15, 0.2) is 0 Å². The average Bonchev–Trinajstić information content (AvgIpc) is 2.96. The Balaban J connectivity index is 1.97. The molecule has 8 heteroatoms. The van der Waals surface area contributed by atoms with E-state index in [9.17, 15) is 19.8 Å². The molecule has 0 fully saturated rings. The normalized spacial score (nSPS) is 10.3. The Kier molecular flexibility index (Phi) is 4.14. The molecule has 25 heavy (non-hydrogen) atoms. The first-order chi connectivity index (χ1) is 12.0. The van der Waals surface area contributed by atoms with Gasteiger partial charge in [0.2, 0.25) is 0 Å². The second-order valence-corrected chi connectivity index (χ2v) is 5.23. The Hall–Kier alpha value is -3.73. The van der Waals surface area contributed by atoms with Gasteiger partial charge in [-0.05, 0) is 25.1 Å². The number of para-hydroxylation sites is 1. The van der Waals surface area contributed by atoms with E-state index in [4.69, 9.17) is 0 Å². The molecule has 0 amide bonds. The summed E-state index contributed by atoms with van der Waals surface area (Å²) in [4.78, 5) is 10.2. The highest BCUT2D eigenvalue weighted by atomic mass is 19.1. The van der Waals surface area contributed by atoms with Gasteiger partial charge in [0.05, 0.1) is 33.8 Å². The van der Waals surface area contributed by atoms with Gasteiger partial charge in [-0.2, -0.15) is 10.4 Å². The van der Waals surface area contributed by atoms with E-state index in [1.807, 2.05) is 6.07 Å². The molecule has 0 radical (unpaired) electrons. The zero-order chi connectivity index (χ0) is 18.0. The van der Waals surface area contributed by atoms with Gasteiger partial charge >= 0.3 is 0 Å². The van der Waals surface area contributed by atoms with Gasteiger partial charge in [-0.1, -0.05) is 12.1 Å². The van der Waals surface area contributed by atoms with Crippen molar-refractivity contribution in [3.63, 3.8) is 0 Å². The first-order valence-electron chi connectivity index (χ1n) is 7.26. The Bertz CT molecular complexity index is 1010. The minimum Gasteiger partial charge on any atom is -0.352 e. The monoisotopic (exact) mass is 337 g/mol. The van der Waals surface area contributed by atoms with Crippen LogP contribution >= 0.6 is 0 Å². The van der Waals surface area contributed by atoms with E-state index >= 15 is 0 Å². The van der Waals surface area contributed by atoms with Crippen molar-refractivity contribution in [1.82, 2.24) is 9.78 Å². The number of nitrogens with one attached hydrogen (secondary N) is 1. The van der Waals surface area contributed by atoms with Crippen molar-refractivity contribution in [2.75, 3.05) is 5.32 Å². The first-order valence-corrected chi connectivity index (χ1v) is 7.26. The fourth-order valence-electron chi connectivity index (χ4n) is 2.39. The van der Waals surface area contributed by atoms with Crippen molar-refractivity contribution in [2.45, 2.75) is 6.92 Å². The quantitative estimate of drug-likeness (QED) is 0.576. The molecule has 3 aromatic rings. The van der Waals surface area contributed by atoms with Crippen molar-refractivity contribution in [2.24, 2.45) is 0 Å². The maximum atomic E-state index is 13.9. The number of nitro groups is 1. The minimum atomic E-state index is -0.563. The average molecular weight is 337 g/mol. The number of halogens is 1. The van der Waals surface area contributed by atoms with Crippen LogP contribution in [-0.4, -0.2) is 14.7 Å². The van der Waals surface area contributed by atoms with E-state index in [-0.39, 0.29) is 11.3 Å². The largest absolute Gasteiger partial charge is 0.352 e. The molecule has 0 unspecified atom stereocenters. The lowest BCUT2D eigenvalue weighted by Crippen LogP contribution is -2.02. The van der Waals surface area contributed by atoms with Crippen molar-refractivity contribution >= 4 is 17.1 Å². The molecular formula is C17H12FN5O2. The van der Waals surface area contributed by atoms with Crippen molar-refractivity contribution in [3.05, 3.63) is 75.9 Å². The minimum absolute atomic E-state index is 0.132. The van der Waals surface area contributed by atoms with E-state index in [1.54, 1.807) is 25.1 Å². The van der Waals surface area contributed by atoms with E-state index < -0.39 is 10.7 Å². The molecule has 124 valence electrons. The molecule has 7 nitrogen and oxygen atoms in total. The van der Waals surface area contributed by atoms with Crippen LogP contribution in [0, 0.1) is 34.2 Å². The first kappa shape index (κ1) is 16.1. The number of aromatic nitrogens is 2. The number of rotatable bonds is 4. The molecule has 1 aromatic heterocycles. The maximum Gasteiger partial charge on any atom is 0.270 e. The number of anilines is 2. The van der Waals surface area contributed by atoms with Gasteiger partial charge in [0.1, 0.15) is 17.6 Å². The van der Waals surface area contributed by atoms with Crippen LogP contribution < -0.4 is 5.32 Å². The summed E-state index contributed by atoms with van der Waals surface area (Å²) in [5, 5.41) is 27.2. The van der Waals surface area contributed by atoms with Crippen LogP contribution in [0.1, 0.15) is 11.3 Å². The van der Waals surface area contributed by atoms with Gasteiger partial charge in [-0.15, -0.1) is 0 Å². The van der Waals surface area contributed by atoms with Crippen molar-refractivity contribution in [3.8, 4) is 11.8 Å². The van der Waals surface area contributed by atoms with Gasteiger partial charge < -0.3 is 5.32 Å². The van der Waals surface area contributed by atoms with Crippen molar-refractivity contribution in [1.29, 1.82) is 5.26 Å². The van der Waals surface area contributed by atoms with Crippen LogP contribution in [0.3, 0.4) is 0 Å². The molecule has 0 atom stereocenters. The van der Waals surface area contributed by atoms with E-state index in [0.29, 0.717) is 22.8 Å². The molecule has 0 bridgehead atoms. The summed E-state index contributed by atoms with van der Waals surface area (Å²) >= 11 is 0. The smallest absolute Gasteiger partial charge is 0.270 e. The topological polar surface area (TPSA) is 96.8 Å². The number of non-ortho nitro benzene ring substituents is 1. The highest BCUT2D eigenvalue weighted by Gasteiger charge is 2.15. The predicted molar refractivity (Wildman–Crippen MR) is 89.4 cm³/mol. The molecular weight excluding hydrogens is 325 g/mol. The zero-order valence-corrected chi connectivity index (χ0v) is 13.1. The second kappa shape index (κ2) is 6.41.